The largest absolute Gasteiger partial charge is 0.507 e. The summed E-state index contributed by atoms with van der Waals surface area (Å²) in [5, 5.41) is 17.5. The van der Waals surface area contributed by atoms with Crippen molar-refractivity contribution in [1.29, 1.82) is 0 Å². The third-order valence-electron chi connectivity index (χ3n) is 3.52. The first-order valence-corrected chi connectivity index (χ1v) is 8.56. The third-order valence-corrected chi connectivity index (χ3v) is 4.47. The minimum Gasteiger partial charge on any atom is -0.507 e. The smallest absolute Gasteiger partial charge is 0.209 e. The second kappa shape index (κ2) is 6.32. The average Bonchev–Trinajstić information content (AvgIpc) is 3.16. The zero-order valence-corrected chi connectivity index (χ0v) is 14.9. The zero-order chi connectivity index (χ0) is 17.3. The van der Waals surface area contributed by atoms with Crippen molar-refractivity contribution in [2.75, 3.05) is 0 Å². The van der Waals surface area contributed by atoms with Crippen LogP contribution in [0, 0.1) is 0 Å². The van der Waals surface area contributed by atoms with Gasteiger partial charge in [0.25, 0.3) is 0 Å². The van der Waals surface area contributed by atoms with Crippen molar-refractivity contribution >= 4 is 11.8 Å². The molecule has 0 aliphatic carbocycles. The molecule has 0 saturated heterocycles. The maximum absolute atomic E-state index is 9.89. The molecule has 0 unspecified atom stereocenters. The van der Waals surface area contributed by atoms with E-state index in [4.69, 9.17) is 4.42 Å². The normalized spacial score (nSPS) is 13.2. The van der Waals surface area contributed by atoms with Crippen molar-refractivity contribution in [3.8, 4) is 17.1 Å². The van der Waals surface area contributed by atoms with E-state index >= 15 is 0 Å². The van der Waals surface area contributed by atoms with E-state index in [2.05, 4.69) is 40.9 Å². The molecule has 0 amide bonds. The van der Waals surface area contributed by atoms with Crippen LogP contribution in [0.2, 0.25) is 0 Å². The van der Waals surface area contributed by atoms with E-state index in [9.17, 15) is 5.11 Å². The van der Waals surface area contributed by atoms with Crippen molar-refractivity contribution < 1.29 is 9.52 Å². The molecular weight excluding hydrogens is 324 g/mol. The van der Waals surface area contributed by atoms with Crippen LogP contribution in [0.1, 0.15) is 44.6 Å². The van der Waals surface area contributed by atoms with E-state index in [1.54, 1.807) is 24.4 Å². The SMILES string of the molecule is C[C@@H](Sc1n[nH]c(-c2ccccc2O)n1)c1ncc(C(C)(C)C)o1. The highest BCUT2D eigenvalue weighted by molar-refractivity contribution is 7.99. The van der Waals surface area contributed by atoms with Gasteiger partial charge in [-0.2, -0.15) is 0 Å². The predicted molar refractivity (Wildman–Crippen MR) is 93.0 cm³/mol. The lowest BCUT2D eigenvalue weighted by Crippen LogP contribution is -2.09. The lowest BCUT2D eigenvalue weighted by atomic mass is 9.94. The number of aromatic nitrogens is 4. The molecule has 0 bridgehead atoms. The highest BCUT2D eigenvalue weighted by Gasteiger charge is 2.22. The fourth-order valence-electron chi connectivity index (χ4n) is 2.12. The van der Waals surface area contributed by atoms with Crippen molar-refractivity contribution in [2.24, 2.45) is 0 Å². The maximum atomic E-state index is 9.89. The molecule has 0 aliphatic heterocycles. The quantitative estimate of drug-likeness (QED) is 0.686. The molecule has 2 aromatic heterocycles. The Labute approximate surface area is 144 Å². The Morgan fingerprint density at radius 2 is 2.00 bits per heavy atom. The number of aromatic hydroxyl groups is 1. The Morgan fingerprint density at radius 1 is 1.25 bits per heavy atom. The van der Waals surface area contributed by atoms with Crippen LogP contribution in [0.4, 0.5) is 0 Å². The summed E-state index contributed by atoms with van der Waals surface area (Å²) in [6.07, 6.45) is 1.78. The molecule has 2 heterocycles. The van der Waals surface area contributed by atoms with E-state index in [0.29, 0.717) is 22.4 Å². The number of oxazole rings is 1. The third kappa shape index (κ3) is 3.46. The lowest BCUT2D eigenvalue weighted by molar-refractivity contribution is 0.383. The molecular formula is C17H20N4O2S. The Hall–Kier alpha value is -2.28. The fraction of sp³-hybridized carbons (Fsp3) is 0.353. The van der Waals surface area contributed by atoms with Crippen LogP contribution in [0.15, 0.2) is 40.0 Å². The first-order chi connectivity index (χ1) is 11.3. The molecule has 1 aromatic carbocycles. The monoisotopic (exact) mass is 344 g/mol. The van der Waals surface area contributed by atoms with Gasteiger partial charge in [0, 0.05) is 5.41 Å². The van der Waals surface area contributed by atoms with Crippen molar-refractivity contribution in [3.63, 3.8) is 0 Å². The standard InChI is InChI=1S/C17H20N4O2S/c1-10(15-18-9-13(23-15)17(2,3)4)24-16-19-14(20-21-16)11-7-5-6-8-12(11)22/h5-10,22H,1-4H3,(H,19,20,21)/t10-/m1/s1. The van der Waals surface area contributed by atoms with Gasteiger partial charge in [-0.25, -0.2) is 9.97 Å². The molecule has 126 valence electrons. The van der Waals surface area contributed by atoms with Crippen LogP contribution >= 0.6 is 11.8 Å². The molecule has 3 aromatic rings. The Bertz CT molecular complexity index is 835. The first kappa shape index (κ1) is 16.6. The summed E-state index contributed by atoms with van der Waals surface area (Å²) in [5.74, 6) is 2.21. The topological polar surface area (TPSA) is 87.8 Å². The van der Waals surface area contributed by atoms with E-state index in [1.165, 1.54) is 11.8 Å². The molecule has 1 atom stereocenters. The van der Waals surface area contributed by atoms with E-state index in [-0.39, 0.29) is 16.4 Å². The second-order valence-corrected chi connectivity index (χ2v) is 7.86. The summed E-state index contributed by atoms with van der Waals surface area (Å²) < 4.78 is 5.85. The van der Waals surface area contributed by atoms with E-state index in [1.807, 2.05) is 13.0 Å². The molecule has 0 radical (unpaired) electrons. The summed E-state index contributed by atoms with van der Waals surface area (Å²) in [4.78, 5) is 8.79. The van der Waals surface area contributed by atoms with Crippen LogP contribution < -0.4 is 0 Å². The number of H-pyrrole nitrogens is 1. The number of nitrogens with one attached hydrogen (secondary N) is 1. The number of benzene rings is 1. The van der Waals surface area contributed by atoms with E-state index in [0.717, 1.165) is 5.76 Å². The van der Waals surface area contributed by atoms with Gasteiger partial charge in [0.2, 0.25) is 11.0 Å². The average molecular weight is 344 g/mol. The van der Waals surface area contributed by atoms with Gasteiger partial charge in [-0.3, -0.25) is 5.10 Å². The van der Waals surface area contributed by atoms with Gasteiger partial charge in [0.05, 0.1) is 17.0 Å². The van der Waals surface area contributed by atoms with Crippen LogP contribution in [-0.2, 0) is 5.41 Å². The van der Waals surface area contributed by atoms with Crippen molar-refractivity contribution in [1.82, 2.24) is 20.2 Å². The van der Waals surface area contributed by atoms with Gasteiger partial charge in [0.15, 0.2) is 5.82 Å². The zero-order valence-electron chi connectivity index (χ0n) is 14.1. The van der Waals surface area contributed by atoms with Gasteiger partial charge in [-0.1, -0.05) is 44.7 Å². The minimum absolute atomic E-state index is 0.0193. The Balaban J connectivity index is 1.75. The molecule has 3 rings (SSSR count). The van der Waals surface area contributed by atoms with Crippen molar-refractivity contribution in [2.45, 2.75) is 43.5 Å². The van der Waals surface area contributed by atoms with Gasteiger partial charge in [-0.15, -0.1) is 5.10 Å². The summed E-state index contributed by atoms with van der Waals surface area (Å²) >= 11 is 1.45. The van der Waals surface area contributed by atoms with Crippen LogP contribution in [0.25, 0.3) is 11.4 Å². The molecule has 6 nitrogen and oxygen atoms in total. The highest BCUT2D eigenvalue weighted by Crippen LogP contribution is 2.35. The molecule has 0 saturated carbocycles. The molecule has 0 aliphatic rings. The summed E-state index contributed by atoms with van der Waals surface area (Å²) in [6.45, 7) is 8.26. The minimum atomic E-state index is -0.0712. The Kier molecular flexibility index (Phi) is 4.36. The van der Waals surface area contributed by atoms with Crippen LogP contribution in [0.3, 0.4) is 0 Å². The number of aromatic amines is 1. The molecule has 2 N–H and O–H groups in total. The Morgan fingerprint density at radius 3 is 2.67 bits per heavy atom. The maximum Gasteiger partial charge on any atom is 0.209 e. The number of thioether (sulfide) groups is 1. The number of nitrogens with zero attached hydrogens (tertiary/aromatic N) is 3. The van der Waals surface area contributed by atoms with Gasteiger partial charge in [-0.05, 0) is 19.1 Å². The molecule has 7 heteroatoms. The van der Waals surface area contributed by atoms with Gasteiger partial charge in [0.1, 0.15) is 11.5 Å². The number of hydrogen-bond donors (Lipinski definition) is 2. The highest BCUT2D eigenvalue weighted by atomic mass is 32.2. The summed E-state index contributed by atoms with van der Waals surface area (Å²) in [5.41, 5.74) is 0.550. The van der Waals surface area contributed by atoms with Crippen LogP contribution in [-0.4, -0.2) is 25.3 Å². The first-order valence-electron chi connectivity index (χ1n) is 7.68. The summed E-state index contributed by atoms with van der Waals surface area (Å²) in [6, 6.07) is 7.02. The lowest BCUT2D eigenvalue weighted by Gasteiger charge is -2.13. The number of rotatable bonds is 4. The van der Waals surface area contributed by atoms with Gasteiger partial charge < -0.3 is 9.52 Å². The molecule has 0 fully saturated rings. The predicted octanol–water partition coefficient (Wildman–Crippen LogP) is 4.32. The van der Waals surface area contributed by atoms with E-state index < -0.39 is 0 Å². The molecule has 0 spiro atoms. The number of phenolic OH excluding ortho intramolecular Hbond substituents is 1. The summed E-state index contributed by atoms with van der Waals surface area (Å²) in [7, 11) is 0. The van der Waals surface area contributed by atoms with Gasteiger partial charge >= 0.3 is 0 Å². The van der Waals surface area contributed by atoms with Crippen LogP contribution in [0.5, 0.6) is 5.75 Å². The molecule has 24 heavy (non-hydrogen) atoms. The van der Waals surface area contributed by atoms with Crippen molar-refractivity contribution in [3.05, 3.63) is 42.1 Å². The second-order valence-electron chi connectivity index (χ2n) is 6.56. The number of hydrogen-bond acceptors (Lipinski definition) is 6. The number of para-hydroxylation sites is 1. The number of phenols is 1. The fourth-order valence-corrected chi connectivity index (χ4v) is 2.89.